The maximum Gasteiger partial charge on any atom is 0.224 e. The highest BCUT2D eigenvalue weighted by atomic mass is 35.5. The molecule has 144 valence electrons. The van der Waals surface area contributed by atoms with Gasteiger partial charge in [0.2, 0.25) is 5.91 Å². The van der Waals surface area contributed by atoms with Crippen LogP contribution in [0.25, 0.3) is 0 Å². The number of carbonyl (C=O) groups excluding carboxylic acids is 1. The SMILES string of the molecule is CC(C)c1ccc(NCCC(=O)N2CCN(c3cccc(Cl)c3)CC2)cc1. The molecule has 2 aromatic carbocycles. The van der Waals surface area contributed by atoms with Gasteiger partial charge in [-0.3, -0.25) is 4.79 Å². The van der Waals surface area contributed by atoms with Gasteiger partial charge >= 0.3 is 0 Å². The molecule has 0 saturated carbocycles. The summed E-state index contributed by atoms with van der Waals surface area (Å²) in [5.41, 5.74) is 3.52. The van der Waals surface area contributed by atoms with E-state index in [4.69, 9.17) is 11.6 Å². The summed E-state index contributed by atoms with van der Waals surface area (Å²) in [6.45, 7) is 8.24. The van der Waals surface area contributed by atoms with Crippen LogP contribution in [0, 0.1) is 0 Å². The summed E-state index contributed by atoms with van der Waals surface area (Å²) in [6.07, 6.45) is 0.517. The summed E-state index contributed by atoms with van der Waals surface area (Å²) in [4.78, 5) is 16.7. The second-order valence-electron chi connectivity index (χ2n) is 7.30. The topological polar surface area (TPSA) is 35.6 Å². The molecule has 0 aromatic heterocycles. The van der Waals surface area contributed by atoms with Crippen LogP contribution < -0.4 is 10.2 Å². The van der Waals surface area contributed by atoms with Gasteiger partial charge in [-0.1, -0.05) is 43.6 Å². The van der Waals surface area contributed by atoms with Crippen molar-refractivity contribution in [1.29, 1.82) is 0 Å². The number of rotatable bonds is 6. The molecule has 1 aliphatic rings. The Kier molecular flexibility index (Phi) is 6.62. The van der Waals surface area contributed by atoms with Crippen molar-refractivity contribution in [2.45, 2.75) is 26.2 Å². The molecule has 0 aliphatic carbocycles. The molecule has 0 spiro atoms. The van der Waals surface area contributed by atoms with Gasteiger partial charge in [0.1, 0.15) is 0 Å². The predicted molar refractivity (Wildman–Crippen MR) is 114 cm³/mol. The minimum atomic E-state index is 0.215. The van der Waals surface area contributed by atoms with E-state index in [1.807, 2.05) is 23.1 Å². The summed E-state index contributed by atoms with van der Waals surface area (Å²) in [5.74, 6) is 0.748. The molecule has 0 bridgehead atoms. The van der Waals surface area contributed by atoms with Crippen LogP contribution in [0.2, 0.25) is 5.02 Å². The van der Waals surface area contributed by atoms with Crippen molar-refractivity contribution in [1.82, 2.24) is 4.90 Å². The molecular formula is C22H28ClN3O. The van der Waals surface area contributed by atoms with Crippen molar-refractivity contribution in [2.75, 3.05) is 42.9 Å². The van der Waals surface area contributed by atoms with Crippen molar-refractivity contribution in [3.8, 4) is 0 Å². The maximum atomic E-state index is 12.5. The third-order valence-corrected chi connectivity index (χ3v) is 5.29. The first-order chi connectivity index (χ1) is 13.0. The molecule has 1 aliphatic heterocycles. The molecule has 1 fully saturated rings. The Balaban J connectivity index is 1.42. The average molecular weight is 386 g/mol. The zero-order valence-corrected chi connectivity index (χ0v) is 16.9. The Morgan fingerprint density at radius 2 is 1.78 bits per heavy atom. The number of carbonyl (C=O) groups is 1. The highest BCUT2D eigenvalue weighted by molar-refractivity contribution is 6.30. The van der Waals surface area contributed by atoms with E-state index in [1.165, 1.54) is 5.56 Å². The Labute approximate surface area is 167 Å². The highest BCUT2D eigenvalue weighted by Gasteiger charge is 2.21. The lowest BCUT2D eigenvalue weighted by Crippen LogP contribution is -2.49. The molecule has 0 atom stereocenters. The number of piperazine rings is 1. The number of hydrogen-bond donors (Lipinski definition) is 1. The van der Waals surface area contributed by atoms with E-state index in [9.17, 15) is 4.79 Å². The van der Waals surface area contributed by atoms with E-state index in [0.717, 1.165) is 42.6 Å². The lowest BCUT2D eigenvalue weighted by Gasteiger charge is -2.36. The van der Waals surface area contributed by atoms with E-state index < -0.39 is 0 Å². The van der Waals surface area contributed by atoms with Crippen LogP contribution in [-0.4, -0.2) is 43.5 Å². The Morgan fingerprint density at radius 1 is 1.07 bits per heavy atom. The zero-order chi connectivity index (χ0) is 19.2. The van der Waals surface area contributed by atoms with Crippen LogP contribution in [0.3, 0.4) is 0 Å². The van der Waals surface area contributed by atoms with Crippen molar-refractivity contribution in [3.63, 3.8) is 0 Å². The number of hydrogen-bond acceptors (Lipinski definition) is 3. The van der Waals surface area contributed by atoms with Crippen LogP contribution in [0.4, 0.5) is 11.4 Å². The van der Waals surface area contributed by atoms with E-state index in [2.05, 4.69) is 54.4 Å². The molecule has 1 saturated heterocycles. The van der Waals surface area contributed by atoms with Crippen molar-refractivity contribution >= 4 is 28.9 Å². The first-order valence-corrected chi connectivity index (χ1v) is 10.0. The van der Waals surface area contributed by atoms with Crippen molar-refractivity contribution < 1.29 is 4.79 Å². The number of nitrogens with zero attached hydrogens (tertiary/aromatic N) is 2. The number of amides is 1. The summed E-state index contributed by atoms with van der Waals surface area (Å²) in [5, 5.41) is 4.10. The van der Waals surface area contributed by atoms with Gasteiger partial charge < -0.3 is 15.1 Å². The fraction of sp³-hybridized carbons (Fsp3) is 0.409. The Hall–Kier alpha value is -2.20. The summed E-state index contributed by atoms with van der Waals surface area (Å²) < 4.78 is 0. The quantitative estimate of drug-likeness (QED) is 0.788. The molecular weight excluding hydrogens is 358 g/mol. The molecule has 3 rings (SSSR count). The standard InChI is InChI=1S/C22H28ClN3O/c1-17(2)18-6-8-20(9-7-18)24-11-10-22(27)26-14-12-25(13-15-26)21-5-3-4-19(23)16-21/h3-9,16-17,24H,10-15H2,1-2H3. The molecule has 27 heavy (non-hydrogen) atoms. The first kappa shape index (κ1) is 19.6. The van der Waals surface area contributed by atoms with E-state index in [1.54, 1.807) is 0 Å². The average Bonchev–Trinajstić information content (AvgIpc) is 2.68. The minimum absolute atomic E-state index is 0.215. The fourth-order valence-corrected chi connectivity index (χ4v) is 3.53. The summed E-state index contributed by atoms with van der Waals surface area (Å²) >= 11 is 6.08. The van der Waals surface area contributed by atoms with E-state index in [0.29, 0.717) is 18.9 Å². The third-order valence-electron chi connectivity index (χ3n) is 5.05. The van der Waals surface area contributed by atoms with Gasteiger partial charge in [-0.05, 0) is 41.8 Å². The van der Waals surface area contributed by atoms with Gasteiger partial charge in [0, 0.05) is 55.5 Å². The molecule has 1 N–H and O–H groups in total. The monoisotopic (exact) mass is 385 g/mol. The van der Waals surface area contributed by atoms with Gasteiger partial charge in [-0.2, -0.15) is 0 Å². The molecule has 4 nitrogen and oxygen atoms in total. The molecule has 1 amide bonds. The zero-order valence-electron chi connectivity index (χ0n) is 16.1. The van der Waals surface area contributed by atoms with Gasteiger partial charge in [0.25, 0.3) is 0 Å². The van der Waals surface area contributed by atoms with Crippen LogP contribution in [0.1, 0.15) is 31.7 Å². The molecule has 0 unspecified atom stereocenters. The lowest BCUT2D eigenvalue weighted by atomic mass is 10.0. The fourth-order valence-electron chi connectivity index (χ4n) is 3.34. The Bertz CT molecular complexity index is 752. The lowest BCUT2D eigenvalue weighted by molar-refractivity contribution is -0.131. The second kappa shape index (κ2) is 9.14. The third kappa shape index (κ3) is 5.39. The number of nitrogens with one attached hydrogen (secondary N) is 1. The molecule has 5 heteroatoms. The predicted octanol–water partition coefficient (Wildman–Crippen LogP) is 4.61. The molecule has 2 aromatic rings. The second-order valence-corrected chi connectivity index (χ2v) is 7.74. The Morgan fingerprint density at radius 3 is 2.41 bits per heavy atom. The van der Waals surface area contributed by atoms with E-state index in [-0.39, 0.29) is 5.91 Å². The number of anilines is 2. The molecule has 0 radical (unpaired) electrons. The van der Waals surface area contributed by atoms with Crippen molar-refractivity contribution in [2.24, 2.45) is 0 Å². The summed E-state index contributed by atoms with van der Waals surface area (Å²) in [6, 6.07) is 16.4. The smallest absolute Gasteiger partial charge is 0.224 e. The van der Waals surface area contributed by atoms with Crippen LogP contribution in [-0.2, 0) is 4.79 Å². The van der Waals surface area contributed by atoms with Crippen molar-refractivity contribution in [3.05, 3.63) is 59.1 Å². The van der Waals surface area contributed by atoms with Crippen LogP contribution in [0.5, 0.6) is 0 Å². The highest BCUT2D eigenvalue weighted by Crippen LogP contribution is 2.21. The van der Waals surface area contributed by atoms with Gasteiger partial charge in [-0.25, -0.2) is 0 Å². The van der Waals surface area contributed by atoms with Crippen LogP contribution >= 0.6 is 11.6 Å². The van der Waals surface area contributed by atoms with Crippen LogP contribution in [0.15, 0.2) is 48.5 Å². The molecule has 1 heterocycles. The van der Waals surface area contributed by atoms with Gasteiger partial charge in [-0.15, -0.1) is 0 Å². The first-order valence-electron chi connectivity index (χ1n) is 9.65. The normalized spacial score (nSPS) is 14.5. The number of halogens is 1. The van der Waals surface area contributed by atoms with E-state index >= 15 is 0 Å². The minimum Gasteiger partial charge on any atom is -0.385 e. The maximum absolute atomic E-state index is 12.5. The van der Waals surface area contributed by atoms with Gasteiger partial charge in [0.15, 0.2) is 0 Å². The van der Waals surface area contributed by atoms with Gasteiger partial charge in [0.05, 0.1) is 0 Å². The number of benzene rings is 2. The largest absolute Gasteiger partial charge is 0.385 e. The summed E-state index contributed by atoms with van der Waals surface area (Å²) in [7, 11) is 0.